The number of hydrogen-bond acceptors (Lipinski definition) is 3. The Labute approximate surface area is 133 Å². The number of rotatable bonds is 8. The van der Waals surface area contributed by atoms with Gasteiger partial charge in [-0.1, -0.05) is 24.3 Å². The highest BCUT2D eigenvalue weighted by molar-refractivity contribution is 7.88. The fraction of sp³-hybridized carbons (Fsp3) is 0.533. The molecule has 6 nitrogen and oxygen atoms in total. The van der Waals surface area contributed by atoms with Crippen LogP contribution in [0.4, 0.5) is 0 Å². The fourth-order valence-electron chi connectivity index (χ4n) is 1.85. The average molecular weight is 326 g/mol. The minimum atomic E-state index is -3.11. The van der Waals surface area contributed by atoms with E-state index < -0.39 is 10.0 Å². The van der Waals surface area contributed by atoms with Gasteiger partial charge in [-0.15, -0.1) is 0 Å². The van der Waals surface area contributed by atoms with Crippen molar-refractivity contribution in [1.29, 1.82) is 0 Å². The van der Waals surface area contributed by atoms with Crippen molar-refractivity contribution < 1.29 is 8.42 Å². The van der Waals surface area contributed by atoms with E-state index in [1.807, 2.05) is 19.1 Å². The van der Waals surface area contributed by atoms with Crippen molar-refractivity contribution in [3.63, 3.8) is 0 Å². The lowest BCUT2D eigenvalue weighted by Crippen LogP contribution is -2.38. The van der Waals surface area contributed by atoms with Crippen LogP contribution in [0.15, 0.2) is 29.3 Å². The number of nitrogens with one attached hydrogen (secondary N) is 3. The number of aryl methyl sites for hydroxylation is 1. The number of sulfonamides is 1. The van der Waals surface area contributed by atoms with Crippen molar-refractivity contribution in [2.24, 2.45) is 4.99 Å². The van der Waals surface area contributed by atoms with Crippen LogP contribution >= 0.6 is 0 Å². The van der Waals surface area contributed by atoms with Gasteiger partial charge in [0.2, 0.25) is 10.0 Å². The van der Waals surface area contributed by atoms with Gasteiger partial charge in [-0.05, 0) is 31.4 Å². The lowest BCUT2D eigenvalue weighted by molar-refractivity contribution is 0.584. The first-order valence-corrected chi connectivity index (χ1v) is 9.33. The molecule has 7 heteroatoms. The largest absolute Gasteiger partial charge is 0.357 e. The van der Waals surface area contributed by atoms with E-state index in [1.165, 1.54) is 11.1 Å². The van der Waals surface area contributed by atoms with Crippen molar-refractivity contribution >= 4 is 16.0 Å². The summed E-state index contributed by atoms with van der Waals surface area (Å²) in [6, 6.07) is 8.16. The van der Waals surface area contributed by atoms with Crippen molar-refractivity contribution in [2.45, 2.75) is 26.8 Å². The molecule has 3 N–H and O–H groups in total. The van der Waals surface area contributed by atoms with Crippen LogP contribution < -0.4 is 15.4 Å². The van der Waals surface area contributed by atoms with Crippen LogP contribution in [0.25, 0.3) is 0 Å². The Balaban J connectivity index is 2.44. The highest BCUT2D eigenvalue weighted by atomic mass is 32.2. The van der Waals surface area contributed by atoms with E-state index in [4.69, 9.17) is 0 Å². The summed E-state index contributed by atoms with van der Waals surface area (Å²) in [6.45, 7) is 6.55. The third-order valence-corrected chi connectivity index (χ3v) is 3.75. The number of guanidine groups is 1. The van der Waals surface area contributed by atoms with Gasteiger partial charge in [-0.25, -0.2) is 18.1 Å². The van der Waals surface area contributed by atoms with Crippen LogP contribution in [-0.4, -0.2) is 40.3 Å². The lowest BCUT2D eigenvalue weighted by Gasteiger charge is -2.11. The second-order valence-corrected chi connectivity index (χ2v) is 6.90. The molecule has 124 valence electrons. The van der Waals surface area contributed by atoms with E-state index in [0.29, 0.717) is 26.1 Å². The predicted molar refractivity (Wildman–Crippen MR) is 91.5 cm³/mol. The molecule has 0 heterocycles. The summed E-state index contributed by atoms with van der Waals surface area (Å²) in [4.78, 5) is 4.55. The lowest BCUT2D eigenvalue weighted by atomic mass is 10.1. The van der Waals surface area contributed by atoms with Gasteiger partial charge in [0.25, 0.3) is 0 Å². The molecular weight excluding hydrogens is 300 g/mol. The van der Waals surface area contributed by atoms with E-state index in [0.717, 1.165) is 18.8 Å². The van der Waals surface area contributed by atoms with Gasteiger partial charge in [0, 0.05) is 19.6 Å². The molecule has 0 aliphatic heterocycles. The van der Waals surface area contributed by atoms with Crippen LogP contribution in [0.5, 0.6) is 0 Å². The van der Waals surface area contributed by atoms with Crippen LogP contribution in [0, 0.1) is 6.92 Å². The second-order valence-electron chi connectivity index (χ2n) is 5.07. The zero-order valence-electron chi connectivity index (χ0n) is 13.5. The molecule has 0 aliphatic rings. The van der Waals surface area contributed by atoms with Gasteiger partial charge in [0.15, 0.2) is 5.96 Å². The highest BCUT2D eigenvalue weighted by Crippen LogP contribution is 2.07. The number of aliphatic imine (C=N–C) groups is 1. The van der Waals surface area contributed by atoms with Gasteiger partial charge in [-0.2, -0.15) is 0 Å². The summed E-state index contributed by atoms with van der Waals surface area (Å²) in [6.07, 6.45) is 1.86. The van der Waals surface area contributed by atoms with Crippen LogP contribution in [0.2, 0.25) is 0 Å². The molecule has 1 rings (SSSR count). The third kappa shape index (κ3) is 7.99. The molecule has 0 aliphatic carbocycles. The molecule has 1 aromatic carbocycles. The fourth-order valence-corrected chi connectivity index (χ4v) is 2.36. The highest BCUT2D eigenvalue weighted by Gasteiger charge is 2.01. The maximum atomic E-state index is 11.0. The molecule has 0 spiro atoms. The smallest absolute Gasteiger partial charge is 0.208 e. The van der Waals surface area contributed by atoms with E-state index >= 15 is 0 Å². The summed E-state index contributed by atoms with van der Waals surface area (Å²) in [5.74, 6) is 0.741. The van der Waals surface area contributed by atoms with Crippen molar-refractivity contribution in [3.8, 4) is 0 Å². The molecule has 0 radical (unpaired) electrons. The van der Waals surface area contributed by atoms with Gasteiger partial charge >= 0.3 is 0 Å². The molecule has 0 amide bonds. The zero-order chi connectivity index (χ0) is 16.4. The Morgan fingerprint density at radius 3 is 2.55 bits per heavy atom. The van der Waals surface area contributed by atoms with Gasteiger partial charge < -0.3 is 10.6 Å². The Hall–Kier alpha value is -1.60. The minimum absolute atomic E-state index is 0.420. The van der Waals surface area contributed by atoms with Gasteiger partial charge in [0.1, 0.15) is 0 Å². The maximum absolute atomic E-state index is 11.0. The van der Waals surface area contributed by atoms with Crippen molar-refractivity contribution in [3.05, 3.63) is 35.4 Å². The molecule has 0 fully saturated rings. The molecular formula is C15H26N4O2S. The average Bonchev–Trinajstić information content (AvgIpc) is 2.44. The van der Waals surface area contributed by atoms with Crippen LogP contribution in [-0.2, 0) is 16.6 Å². The molecule has 0 aromatic heterocycles. The van der Waals surface area contributed by atoms with E-state index in [-0.39, 0.29) is 0 Å². The SMILES string of the molecule is CCNC(=NCc1ccccc1C)NCCCNS(C)(=O)=O. The minimum Gasteiger partial charge on any atom is -0.357 e. The first-order chi connectivity index (χ1) is 10.4. The quantitative estimate of drug-likeness (QED) is 0.378. The Kier molecular flexibility index (Phi) is 7.90. The van der Waals surface area contributed by atoms with E-state index in [1.54, 1.807) is 0 Å². The number of nitrogens with zero attached hydrogens (tertiary/aromatic N) is 1. The standard InChI is InChI=1S/C15H26N4O2S/c1-4-16-15(17-10-7-11-19-22(3,20)21)18-12-14-9-6-5-8-13(14)2/h5-6,8-9,19H,4,7,10-12H2,1-3H3,(H2,16,17,18). The van der Waals surface area contributed by atoms with E-state index in [9.17, 15) is 8.42 Å². The Morgan fingerprint density at radius 2 is 1.91 bits per heavy atom. The molecule has 0 bridgehead atoms. The summed E-state index contributed by atoms with van der Waals surface area (Å²) >= 11 is 0. The Morgan fingerprint density at radius 1 is 1.18 bits per heavy atom. The first-order valence-electron chi connectivity index (χ1n) is 7.43. The predicted octanol–water partition coefficient (Wildman–Crippen LogP) is 0.989. The molecule has 0 atom stereocenters. The molecule has 0 saturated heterocycles. The van der Waals surface area contributed by atoms with Crippen LogP contribution in [0.3, 0.4) is 0 Å². The van der Waals surface area contributed by atoms with Crippen molar-refractivity contribution in [1.82, 2.24) is 15.4 Å². The van der Waals surface area contributed by atoms with Gasteiger partial charge in [0.05, 0.1) is 12.8 Å². The maximum Gasteiger partial charge on any atom is 0.208 e. The first kappa shape index (κ1) is 18.4. The summed E-state index contributed by atoms with van der Waals surface area (Å²) in [5.41, 5.74) is 2.41. The zero-order valence-corrected chi connectivity index (χ0v) is 14.3. The third-order valence-electron chi connectivity index (χ3n) is 3.02. The molecule has 22 heavy (non-hydrogen) atoms. The Bertz CT molecular complexity index is 585. The van der Waals surface area contributed by atoms with Gasteiger partial charge in [-0.3, -0.25) is 0 Å². The second kappa shape index (κ2) is 9.42. The summed E-state index contributed by atoms with van der Waals surface area (Å²) in [5, 5.41) is 6.38. The van der Waals surface area contributed by atoms with Crippen LogP contribution in [0.1, 0.15) is 24.5 Å². The summed E-state index contributed by atoms with van der Waals surface area (Å²) in [7, 11) is -3.11. The molecule has 1 aromatic rings. The number of benzene rings is 1. The number of hydrogen-bond donors (Lipinski definition) is 3. The summed E-state index contributed by atoms with van der Waals surface area (Å²) < 4.78 is 24.4. The van der Waals surface area contributed by atoms with Crippen molar-refractivity contribution in [2.75, 3.05) is 25.9 Å². The normalized spacial score (nSPS) is 12.2. The topological polar surface area (TPSA) is 82.6 Å². The van der Waals surface area contributed by atoms with E-state index in [2.05, 4.69) is 39.4 Å². The molecule has 0 saturated carbocycles. The molecule has 0 unspecified atom stereocenters. The monoisotopic (exact) mass is 326 g/mol.